The Balaban J connectivity index is 2.14. The van der Waals surface area contributed by atoms with E-state index in [4.69, 9.17) is 11.6 Å². The van der Waals surface area contributed by atoms with Crippen molar-refractivity contribution in [2.75, 3.05) is 11.9 Å². The first kappa shape index (κ1) is 9.97. The van der Waals surface area contributed by atoms with Crippen LogP contribution in [0.2, 0.25) is 5.02 Å². The van der Waals surface area contributed by atoms with Crippen LogP contribution in [0.5, 0.6) is 0 Å². The molecule has 1 aromatic rings. The van der Waals surface area contributed by atoms with Gasteiger partial charge in [-0.1, -0.05) is 11.6 Å². The molecule has 0 spiro atoms. The van der Waals surface area contributed by atoms with Crippen molar-refractivity contribution in [1.29, 1.82) is 0 Å². The SMILES string of the molecule is O=C1CC(Nc2cn[nH]c(=O)c2Cl)CN1. The van der Waals surface area contributed by atoms with Crippen LogP contribution in [0, 0.1) is 0 Å². The lowest BCUT2D eigenvalue weighted by atomic mass is 10.2. The number of rotatable bonds is 2. The average molecular weight is 229 g/mol. The molecule has 1 aromatic heterocycles. The summed E-state index contributed by atoms with van der Waals surface area (Å²) in [6.07, 6.45) is 1.80. The molecule has 80 valence electrons. The van der Waals surface area contributed by atoms with E-state index >= 15 is 0 Å². The second-order valence-corrected chi connectivity index (χ2v) is 3.65. The zero-order valence-electron chi connectivity index (χ0n) is 7.71. The van der Waals surface area contributed by atoms with Crippen LogP contribution in [0.1, 0.15) is 6.42 Å². The minimum atomic E-state index is -0.445. The fraction of sp³-hybridized carbons (Fsp3) is 0.375. The van der Waals surface area contributed by atoms with E-state index in [9.17, 15) is 9.59 Å². The Morgan fingerprint density at radius 2 is 2.33 bits per heavy atom. The molecule has 1 amide bonds. The third kappa shape index (κ3) is 2.10. The molecule has 1 fully saturated rings. The van der Waals surface area contributed by atoms with Gasteiger partial charge in [-0.15, -0.1) is 0 Å². The van der Waals surface area contributed by atoms with Crippen molar-refractivity contribution in [3.63, 3.8) is 0 Å². The van der Waals surface area contributed by atoms with E-state index in [1.165, 1.54) is 6.20 Å². The number of halogens is 1. The number of aromatic amines is 1. The first-order valence-electron chi connectivity index (χ1n) is 4.43. The topological polar surface area (TPSA) is 86.9 Å². The highest BCUT2D eigenvalue weighted by atomic mass is 35.5. The van der Waals surface area contributed by atoms with Crippen LogP contribution in [0.4, 0.5) is 5.69 Å². The summed E-state index contributed by atoms with van der Waals surface area (Å²) < 4.78 is 0. The van der Waals surface area contributed by atoms with Gasteiger partial charge in [-0.3, -0.25) is 9.59 Å². The molecule has 7 heteroatoms. The Labute approximate surface area is 90.0 Å². The van der Waals surface area contributed by atoms with Crippen molar-refractivity contribution >= 4 is 23.2 Å². The van der Waals surface area contributed by atoms with E-state index in [1.807, 2.05) is 0 Å². The lowest BCUT2D eigenvalue weighted by Crippen LogP contribution is -2.24. The van der Waals surface area contributed by atoms with Gasteiger partial charge in [-0.05, 0) is 0 Å². The summed E-state index contributed by atoms with van der Waals surface area (Å²) in [7, 11) is 0. The van der Waals surface area contributed by atoms with Crippen molar-refractivity contribution < 1.29 is 4.79 Å². The quantitative estimate of drug-likeness (QED) is 0.650. The van der Waals surface area contributed by atoms with Crippen LogP contribution < -0.4 is 16.2 Å². The predicted octanol–water partition coefficient (Wildman–Crippen LogP) is -0.276. The van der Waals surface area contributed by atoms with Crippen molar-refractivity contribution in [2.24, 2.45) is 0 Å². The summed E-state index contributed by atoms with van der Waals surface area (Å²) in [5, 5.41) is 11.5. The number of hydrogen-bond donors (Lipinski definition) is 3. The second kappa shape index (κ2) is 3.90. The molecular formula is C8H9ClN4O2. The lowest BCUT2D eigenvalue weighted by Gasteiger charge is -2.11. The van der Waals surface area contributed by atoms with Gasteiger partial charge in [-0.2, -0.15) is 5.10 Å². The molecule has 0 aromatic carbocycles. The third-order valence-corrected chi connectivity index (χ3v) is 2.51. The lowest BCUT2D eigenvalue weighted by molar-refractivity contribution is -0.119. The Hall–Kier alpha value is -1.56. The summed E-state index contributed by atoms with van der Waals surface area (Å²) in [4.78, 5) is 22.0. The molecule has 3 N–H and O–H groups in total. The van der Waals surface area contributed by atoms with Gasteiger partial charge >= 0.3 is 0 Å². The normalized spacial score (nSPS) is 20.1. The third-order valence-electron chi connectivity index (χ3n) is 2.13. The molecule has 1 unspecified atom stereocenters. The number of nitrogens with zero attached hydrogens (tertiary/aromatic N) is 1. The Kier molecular flexibility index (Phi) is 2.59. The Morgan fingerprint density at radius 1 is 1.53 bits per heavy atom. The number of hydrogen-bond acceptors (Lipinski definition) is 4. The molecule has 15 heavy (non-hydrogen) atoms. The first-order valence-corrected chi connectivity index (χ1v) is 4.81. The van der Waals surface area contributed by atoms with E-state index in [0.717, 1.165) is 0 Å². The number of nitrogens with one attached hydrogen (secondary N) is 3. The van der Waals surface area contributed by atoms with Crippen LogP contribution in [0.25, 0.3) is 0 Å². The number of carbonyl (C=O) groups is 1. The largest absolute Gasteiger partial charge is 0.377 e. The highest BCUT2D eigenvalue weighted by Gasteiger charge is 2.22. The monoisotopic (exact) mass is 228 g/mol. The number of carbonyl (C=O) groups excluding carboxylic acids is 1. The Bertz CT molecular complexity index is 445. The van der Waals surface area contributed by atoms with Gasteiger partial charge < -0.3 is 10.6 Å². The number of aromatic nitrogens is 2. The summed E-state index contributed by atoms with van der Waals surface area (Å²) >= 11 is 5.76. The van der Waals surface area contributed by atoms with E-state index in [-0.39, 0.29) is 17.0 Å². The van der Waals surface area contributed by atoms with Crippen LogP contribution in [-0.4, -0.2) is 28.7 Å². The van der Waals surface area contributed by atoms with Gasteiger partial charge in [0.25, 0.3) is 5.56 Å². The van der Waals surface area contributed by atoms with Crippen molar-refractivity contribution in [2.45, 2.75) is 12.5 Å². The summed E-state index contributed by atoms with van der Waals surface area (Å²) in [5.74, 6) is -0.0126. The van der Waals surface area contributed by atoms with Gasteiger partial charge in [-0.25, -0.2) is 5.10 Å². The summed E-state index contributed by atoms with van der Waals surface area (Å²) in [5.41, 5.74) is 0.000802. The van der Waals surface area contributed by atoms with Crippen molar-refractivity contribution in [3.8, 4) is 0 Å². The number of H-pyrrole nitrogens is 1. The maximum absolute atomic E-state index is 11.1. The molecule has 2 rings (SSSR count). The molecule has 0 bridgehead atoms. The standard InChI is InChI=1S/C8H9ClN4O2/c9-7-5(3-11-13-8(7)15)12-4-1-6(14)10-2-4/h3-4H,1-2H2,(H,10,14)(H2,12,13,15). The van der Waals surface area contributed by atoms with Gasteiger partial charge in [0.05, 0.1) is 17.9 Å². The van der Waals surface area contributed by atoms with Crippen LogP contribution in [0.15, 0.2) is 11.0 Å². The van der Waals surface area contributed by atoms with Gasteiger partial charge in [0.2, 0.25) is 5.91 Å². The molecule has 2 heterocycles. The molecule has 0 saturated carbocycles. The molecule has 1 saturated heterocycles. The molecular weight excluding hydrogens is 220 g/mol. The summed E-state index contributed by atoms with van der Waals surface area (Å²) in [6, 6.07) is -0.0430. The first-order chi connectivity index (χ1) is 7.16. The smallest absolute Gasteiger partial charge is 0.285 e. The maximum atomic E-state index is 11.1. The fourth-order valence-corrected chi connectivity index (χ4v) is 1.56. The van der Waals surface area contributed by atoms with Crippen LogP contribution in [0.3, 0.4) is 0 Å². The molecule has 6 nitrogen and oxygen atoms in total. The van der Waals surface area contributed by atoms with E-state index in [2.05, 4.69) is 20.8 Å². The predicted molar refractivity (Wildman–Crippen MR) is 54.9 cm³/mol. The van der Waals surface area contributed by atoms with Gasteiger partial charge in [0, 0.05) is 13.0 Å². The van der Waals surface area contributed by atoms with Gasteiger partial charge in [0.15, 0.2) is 0 Å². The van der Waals surface area contributed by atoms with Crippen LogP contribution in [-0.2, 0) is 4.79 Å². The summed E-state index contributed by atoms with van der Waals surface area (Å²) in [6.45, 7) is 0.530. The van der Waals surface area contributed by atoms with E-state index in [1.54, 1.807) is 0 Å². The number of amides is 1. The van der Waals surface area contributed by atoms with Crippen LogP contribution >= 0.6 is 11.6 Å². The maximum Gasteiger partial charge on any atom is 0.285 e. The molecule has 0 aliphatic carbocycles. The highest BCUT2D eigenvalue weighted by Crippen LogP contribution is 2.17. The van der Waals surface area contributed by atoms with Crippen molar-refractivity contribution in [3.05, 3.63) is 21.6 Å². The molecule has 1 atom stereocenters. The number of anilines is 1. The zero-order valence-corrected chi connectivity index (χ0v) is 8.47. The Morgan fingerprint density at radius 3 is 3.00 bits per heavy atom. The molecule has 1 aliphatic rings. The minimum absolute atomic E-state index is 0.0126. The molecule has 0 radical (unpaired) electrons. The molecule has 1 aliphatic heterocycles. The minimum Gasteiger partial charge on any atom is -0.377 e. The van der Waals surface area contributed by atoms with E-state index in [0.29, 0.717) is 18.7 Å². The average Bonchev–Trinajstić information content (AvgIpc) is 2.59. The fourth-order valence-electron chi connectivity index (χ4n) is 1.41. The van der Waals surface area contributed by atoms with Gasteiger partial charge in [0.1, 0.15) is 5.02 Å². The zero-order chi connectivity index (χ0) is 10.8. The van der Waals surface area contributed by atoms with Crippen molar-refractivity contribution in [1.82, 2.24) is 15.5 Å². The van der Waals surface area contributed by atoms with E-state index < -0.39 is 5.56 Å². The second-order valence-electron chi connectivity index (χ2n) is 3.28. The highest BCUT2D eigenvalue weighted by molar-refractivity contribution is 6.32.